The van der Waals surface area contributed by atoms with Crippen molar-refractivity contribution < 1.29 is 28.9 Å². The lowest BCUT2D eigenvalue weighted by Gasteiger charge is -2.23. The summed E-state index contributed by atoms with van der Waals surface area (Å²) >= 11 is 0. The van der Waals surface area contributed by atoms with E-state index in [1.54, 1.807) is 0 Å². The Morgan fingerprint density at radius 3 is 2.75 bits per heavy atom. The molecule has 0 aromatic heterocycles. The maximum atomic E-state index is 11.5. The number of esters is 1. The van der Waals surface area contributed by atoms with Gasteiger partial charge in [-0.05, 0) is 6.42 Å². The van der Waals surface area contributed by atoms with Crippen LogP contribution in [0.15, 0.2) is 0 Å². The van der Waals surface area contributed by atoms with E-state index in [1.165, 1.54) is 0 Å². The quantitative estimate of drug-likeness (QED) is 0.546. The molecular formula is C10H16O6. The van der Waals surface area contributed by atoms with Crippen LogP contribution in [0.2, 0.25) is 0 Å². The van der Waals surface area contributed by atoms with Crippen molar-refractivity contribution in [1.29, 1.82) is 0 Å². The molecule has 1 fully saturated rings. The van der Waals surface area contributed by atoms with Crippen molar-refractivity contribution in [3.8, 4) is 0 Å². The summed E-state index contributed by atoms with van der Waals surface area (Å²) in [7, 11) is 0. The lowest BCUT2D eigenvalue weighted by Crippen LogP contribution is -2.36. The highest BCUT2D eigenvalue weighted by molar-refractivity contribution is 5.93. The molecule has 1 aliphatic heterocycles. The van der Waals surface area contributed by atoms with Crippen molar-refractivity contribution in [1.82, 2.24) is 0 Å². The van der Waals surface area contributed by atoms with Gasteiger partial charge in [0.25, 0.3) is 0 Å². The van der Waals surface area contributed by atoms with E-state index in [9.17, 15) is 9.59 Å². The lowest BCUT2D eigenvalue weighted by molar-refractivity contribution is -0.217. The van der Waals surface area contributed by atoms with Gasteiger partial charge in [-0.25, -0.2) is 0 Å². The molecule has 0 bridgehead atoms. The van der Waals surface area contributed by atoms with Crippen LogP contribution in [0.25, 0.3) is 0 Å². The standard InChI is InChI=1S/C10H16O6/c1-2-3-7(9(11)12)10(13)16-8-6-14-4-5-15-8/h7-8H,2-6H2,1H3,(H,11,12). The largest absolute Gasteiger partial charge is 0.481 e. The van der Waals surface area contributed by atoms with Crippen LogP contribution in [0.3, 0.4) is 0 Å². The molecule has 0 amide bonds. The molecule has 1 saturated heterocycles. The number of carbonyl (C=O) groups excluding carboxylic acids is 1. The smallest absolute Gasteiger partial charge is 0.322 e. The number of aliphatic carboxylic acids is 1. The summed E-state index contributed by atoms with van der Waals surface area (Å²) < 4.78 is 15.0. The average Bonchev–Trinajstić information content (AvgIpc) is 2.26. The van der Waals surface area contributed by atoms with Crippen LogP contribution in [0.1, 0.15) is 19.8 Å². The van der Waals surface area contributed by atoms with Crippen LogP contribution >= 0.6 is 0 Å². The molecule has 6 heteroatoms. The summed E-state index contributed by atoms with van der Waals surface area (Å²) in [6, 6.07) is 0. The first-order chi connectivity index (χ1) is 7.65. The van der Waals surface area contributed by atoms with E-state index in [2.05, 4.69) is 0 Å². The van der Waals surface area contributed by atoms with Gasteiger partial charge in [-0.1, -0.05) is 13.3 Å². The maximum absolute atomic E-state index is 11.5. The molecule has 0 radical (unpaired) electrons. The van der Waals surface area contributed by atoms with Crippen molar-refractivity contribution >= 4 is 11.9 Å². The van der Waals surface area contributed by atoms with E-state index in [1.807, 2.05) is 6.92 Å². The van der Waals surface area contributed by atoms with Gasteiger partial charge in [0.1, 0.15) is 6.61 Å². The van der Waals surface area contributed by atoms with E-state index in [4.69, 9.17) is 19.3 Å². The minimum Gasteiger partial charge on any atom is -0.481 e. The first-order valence-corrected chi connectivity index (χ1v) is 5.27. The Bertz CT molecular complexity index is 246. The van der Waals surface area contributed by atoms with Crippen LogP contribution in [-0.2, 0) is 23.8 Å². The molecule has 0 aromatic carbocycles. The Morgan fingerprint density at radius 2 is 2.25 bits per heavy atom. The Balaban J connectivity index is 2.44. The minimum atomic E-state index is -1.16. The van der Waals surface area contributed by atoms with E-state index >= 15 is 0 Å². The molecule has 0 aliphatic carbocycles. The molecule has 6 nitrogen and oxygen atoms in total. The molecule has 0 saturated carbocycles. The molecule has 1 heterocycles. The van der Waals surface area contributed by atoms with Crippen LogP contribution in [0, 0.1) is 5.92 Å². The molecular weight excluding hydrogens is 216 g/mol. The second-order valence-corrected chi connectivity index (χ2v) is 3.49. The second kappa shape index (κ2) is 6.44. The van der Waals surface area contributed by atoms with Gasteiger partial charge in [-0.15, -0.1) is 0 Å². The Kier molecular flexibility index (Phi) is 5.21. The summed E-state index contributed by atoms with van der Waals surface area (Å²) in [6.07, 6.45) is 0.0930. The monoisotopic (exact) mass is 232 g/mol. The van der Waals surface area contributed by atoms with Crippen LogP contribution in [0.5, 0.6) is 0 Å². The zero-order chi connectivity index (χ0) is 12.0. The van der Waals surface area contributed by atoms with Crippen LogP contribution in [0.4, 0.5) is 0 Å². The molecule has 1 rings (SSSR count). The molecule has 92 valence electrons. The number of hydrogen-bond acceptors (Lipinski definition) is 5. The zero-order valence-corrected chi connectivity index (χ0v) is 9.18. The predicted octanol–water partition coefficient (Wildman–Crippen LogP) is 0.403. The summed E-state index contributed by atoms with van der Waals surface area (Å²) in [6.45, 7) is 2.78. The van der Waals surface area contributed by atoms with Gasteiger partial charge < -0.3 is 19.3 Å². The van der Waals surface area contributed by atoms with E-state index < -0.39 is 24.1 Å². The summed E-state index contributed by atoms with van der Waals surface area (Å²) in [4.78, 5) is 22.3. The fraction of sp³-hybridized carbons (Fsp3) is 0.800. The Morgan fingerprint density at radius 1 is 1.50 bits per heavy atom. The summed E-state index contributed by atoms with van der Waals surface area (Å²) in [5, 5.41) is 8.83. The predicted molar refractivity (Wildman–Crippen MR) is 52.7 cm³/mol. The first kappa shape index (κ1) is 12.9. The number of ether oxygens (including phenoxy) is 3. The van der Waals surface area contributed by atoms with Gasteiger partial charge in [-0.3, -0.25) is 9.59 Å². The fourth-order valence-corrected chi connectivity index (χ4v) is 1.38. The summed E-state index contributed by atoms with van der Waals surface area (Å²) in [5.41, 5.74) is 0. The topological polar surface area (TPSA) is 82.1 Å². The van der Waals surface area contributed by atoms with Crippen LogP contribution in [-0.4, -0.2) is 43.2 Å². The third-order valence-corrected chi connectivity index (χ3v) is 2.19. The number of hydrogen-bond donors (Lipinski definition) is 1. The maximum Gasteiger partial charge on any atom is 0.322 e. The van der Waals surface area contributed by atoms with Gasteiger partial charge in [0, 0.05) is 0 Å². The Hall–Kier alpha value is -1.14. The molecule has 0 aromatic rings. The van der Waals surface area contributed by atoms with Gasteiger partial charge in [0.05, 0.1) is 13.2 Å². The highest BCUT2D eigenvalue weighted by Gasteiger charge is 2.30. The molecule has 16 heavy (non-hydrogen) atoms. The number of rotatable bonds is 5. The minimum absolute atomic E-state index is 0.157. The highest BCUT2D eigenvalue weighted by Crippen LogP contribution is 2.12. The van der Waals surface area contributed by atoms with Gasteiger partial charge in [-0.2, -0.15) is 0 Å². The third kappa shape index (κ3) is 3.79. The van der Waals surface area contributed by atoms with E-state index in [0.717, 1.165) is 0 Å². The van der Waals surface area contributed by atoms with Crippen molar-refractivity contribution in [3.05, 3.63) is 0 Å². The molecule has 2 unspecified atom stereocenters. The van der Waals surface area contributed by atoms with E-state index in [0.29, 0.717) is 19.6 Å². The van der Waals surface area contributed by atoms with Crippen LogP contribution < -0.4 is 0 Å². The molecule has 2 atom stereocenters. The second-order valence-electron chi connectivity index (χ2n) is 3.49. The Labute approximate surface area is 93.5 Å². The number of carboxylic acids is 1. The SMILES string of the molecule is CCCC(C(=O)O)C(=O)OC1COCCO1. The summed E-state index contributed by atoms with van der Waals surface area (Å²) in [5.74, 6) is -3.04. The molecule has 1 aliphatic rings. The van der Waals surface area contributed by atoms with Gasteiger partial charge in [0.2, 0.25) is 6.29 Å². The van der Waals surface area contributed by atoms with Gasteiger partial charge in [0.15, 0.2) is 5.92 Å². The normalized spacial score (nSPS) is 22.4. The van der Waals surface area contributed by atoms with E-state index in [-0.39, 0.29) is 13.0 Å². The number of carboxylic acid groups (broad SMARTS) is 1. The number of carbonyl (C=O) groups is 2. The van der Waals surface area contributed by atoms with Crippen molar-refractivity contribution in [2.24, 2.45) is 5.92 Å². The molecule has 1 N–H and O–H groups in total. The van der Waals surface area contributed by atoms with Crippen molar-refractivity contribution in [2.75, 3.05) is 19.8 Å². The third-order valence-electron chi connectivity index (χ3n) is 2.19. The zero-order valence-electron chi connectivity index (χ0n) is 9.18. The van der Waals surface area contributed by atoms with Crippen molar-refractivity contribution in [2.45, 2.75) is 26.1 Å². The van der Waals surface area contributed by atoms with Crippen molar-refractivity contribution in [3.63, 3.8) is 0 Å². The first-order valence-electron chi connectivity index (χ1n) is 5.27. The lowest BCUT2D eigenvalue weighted by atomic mass is 10.0. The molecule has 0 spiro atoms. The highest BCUT2D eigenvalue weighted by atomic mass is 16.7. The van der Waals surface area contributed by atoms with Gasteiger partial charge >= 0.3 is 11.9 Å². The fourth-order valence-electron chi connectivity index (χ4n) is 1.38. The average molecular weight is 232 g/mol.